The average molecular weight is 289 g/mol. The maximum absolute atomic E-state index is 11.3. The fourth-order valence-electron chi connectivity index (χ4n) is 3.24. The topological polar surface area (TPSA) is 84.1 Å². The van der Waals surface area contributed by atoms with Gasteiger partial charge in [0.2, 0.25) is 5.91 Å². The average Bonchev–Trinajstić information content (AvgIpc) is 2.56. The first-order valence-electron chi connectivity index (χ1n) is 7.81. The normalized spacial score (nSPS) is 24.0. The predicted octanol–water partition coefficient (Wildman–Crippen LogP) is 0.645. The van der Waals surface area contributed by atoms with Gasteiger partial charge in [0, 0.05) is 19.0 Å². The summed E-state index contributed by atoms with van der Waals surface area (Å²) < 4.78 is 0. The second kappa shape index (κ2) is 6.39. The van der Waals surface area contributed by atoms with E-state index in [-0.39, 0.29) is 11.8 Å². The van der Waals surface area contributed by atoms with Gasteiger partial charge in [0.15, 0.2) is 0 Å². The number of nitrogens with zero attached hydrogens (tertiary/aromatic N) is 3. The highest BCUT2D eigenvalue weighted by Crippen LogP contribution is 2.25. The molecule has 0 saturated carbocycles. The maximum Gasteiger partial charge on any atom is 0.222 e. The number of amides is 1. The monoisotopic (exact) mass is 289 g/mol. The van der Waals surface area contributed by atoms with Crippen LogP contribution in [0.5, 0.6) is 0 Å². The molecule has 21 heavy (non-hydrogen) atoms. The number of hydrogen-bond donors (Lipinski definition) is 2. The Bertz CT molecular complexity index is 483. The van der Waals surface area contributed by atoms with E-state index >= 15 is 0 Å². The lowest BCUT2D eigenvalue weighted by molar-refractivity contribution is -0.122. The molecule has 3 heterocycles. The van der Waals surface area contributed by atoms with E-state index in [9.17, 15) is 4.79 Å². The van der Waals surface area contributed by atoms with Crippen LogP contribution in [-0.2, 0) is 4.79 Å². The summed E-state index contributed by atoms with van der Waals surface area (Å²) in [6.07, 6.45) is 7.86. The van der Waals surface area contributed by atoms with Crippen LogP contribution >= 0.6 is 0 Å². The number of nitrogens with two attached hydrogens (primary N) is 1. The van der Waals surface area contributed by atoms with Gasteiger partial charge in [-0.2, -0.15) is 0 Å². The van der Waals surface area contributed by atoms with Crippen molar-refractivity contribution >= 4 is 11.7 Å². The molecule has 114 valence electrons. The molecular weight excluding hydrogens is 266 g/mol. The number of hydrogen-bond acceptors (Lipinski definition) is 5. The van der Waals surface area contributed by atoms with E-state index in [0.717, 1.165) is 56.8 Å². The van der Waals surface area contributed by atoms with Crippen molar-refractivity contribution in [3.63, 3.8) is 0 Å². The van der Waals surface area contributed by atoms with E-state index in [1.54, 1.807) is 0 Å². The lowest BCUT2D eigenvalue weighted by Crippen LogP contribution is -2.41. The highest BCUT2D eigenvalue weighted by molar-refractivity contribution is 5.77. The molecule has 2 fully saturated rings. The minimum Gasteiger partial charge on any atom is -0.369 e. The Kier molecular flexibility index (Phi) is 4.34. The molecule has 0 aromatic carbocycles. The zero-order valence-corrected chi connectivity index (χ0v) is 12.3. The zero-order chi connectivity index (χ0) is 14.7. The molecule has 0 spiro atoms. The van der Waals surface area contributed by atoms with Crippen LogP contribution in [0, 0.1) is 5.92 Å². The fourth-order valence-corrected chi connectivity index (χ4v) is 3.24. The lowest BCUT2D eigenvalue weighted by Gasteiger charge is -2.32. The van der Waals surface area contributed by atoms with Crippen molar-refractivity contribution in [2.45, 2.75) is 31.6 Å². The lowest BCUT2D eigenvalue weighted by atomic mass is 9.95. The van der Waals surface area contributed by atoms with E-state index in [0.29, 0.717) is 12.5 Å². The van der Waals surface area contributed by atoms with Gasteiger partial charge in [0.25, 0.3) is 0 Å². The first-order valence-corrected chi connectivity index (χ1v) is 7.81. The van der Waals surface area contributed by atoms with Crippen LogP contribution < -0.4 is 16.0 Å². The molecule has 3 rings (SSSR count). The number of nitrogens with one attached hydrogen (secondary N) is 1. The van der Waals surface area contributed by atoms with Crippen molar-refractivity contribution in [1.29, 1.82) is 0 Å². The summed E-state index contributed by atoms with van der Waals surface area (Å²) >= 11 is 0. The number of piperidine rings is 2. The van der Waals surface area contributed by atoms with Crippen molar-refractivity contribution in [2.75, 3.05) is 31.1 Å². The molecule has 6 heteroatoms. The smallest absolute Gasteiger partial charge is 0.222 e. The summed E-state index contributed by atoms with van der Waals surface area (Å²) in [5.41, 5.74) is 6.51. The maximum atomic E-state index is 11.3. The van der Waals surface area contributed by atoms with Crippen LogP contribution in [0.4, 0.5) is 5.82 Å². The van der Waals surface area contributed by atoms with Crippen LogP contribution in [0.15, 0.2) is 12.4 Å². The second-order valence-electron chi connectivity index (χ2n) is 6.01. The number of anilines is 1. The third-order valence-corrected chi connectivity index (χ3v) is 4.56. The molecule has 1 atom stereocenters. The summed E-state index contributed by atoms with van der Waals surface area (Å²) in [4.78, 5) is 22.6. The van der Waals surface area contributed by atoms with Gasteiger partial charge >= 0.3 is 0 Å². The molecule has 2 saturated heterocycles. The van der Waals surface area contributed by atoms with Crippen molar-refractivity contribution in [1.82, 2.24) is 15.3 Å². The molecule has 3 N–H and O–H groups in total. The van der Waals surface area contributed by atoms with Crippen LogP contribution in [0.3, 0.4) is 0 Å². The van der Waals surface area contributed by atoms with Gasteiger partial charge in [-0.15, -0.1) is 0 Å². The number of carbonyl (C=O) groups is 1. The van der Waals surface area contributed by atoms with Gasteiger partial charge in [0.05, 0.1) is 24.0 Å². The third-order valence-electron chi connectivity index (χ3n) is 4.56. The molecule has 0 unspecified atom stereocenters. The Labute approximate surface area is 125 Å². The summed E-state index contributed by atoms with van der Waals surface area (Å²) in [6, 6.07) is 0. The predicted molar refractivity (Wildman–Crippen MR) is 81.0 cm³/mol. The molecule has 2 aliphatic rings. The van der Waals surface area contributed by atoms with Gasteiger partial charge in [-0.05, 0) is 38.8 Å². The van der Waals surface area contributed by atoms with Gasteiger partial charge < -0.3 is 16.0 Å². The second-order valence-corrected chi connectivity index (χ2v) is 6.01. The van der Waals surface area contributed by atoms with Crippen molar-refractivity contribution in [3.05, 3.63) is 18.1 Å². The van der Waals surface area contributed by atoms with E-state index in [4.69, 9.17) is 5.73 Å². The van der Waals surface area contributed by atoms with Crippen LogP contribution in [0.1, 0.15) is 37.3 Å². The Hall–Kier alpha value is -1.69. The molecule has 2 aliphatic heterocycles. The summed E-state index contributed by atoms with van der Waals surface area (Å²) in [5.74, 6) is 1.11. The SMILES string of the molecule is NC(=O)[C@@H]1CCCN(c2cnc(C3CCNCC3)cn2)C1. The van der Waals surface area contributed by atoms with Gasteiger partial charge in [-0.25, -0.2) is 4.98 Å². The van der Waals surface area contributed by atoms with Gasteiger partial charge in [-0.1, -0.05) is 0 Å². The largest absolute Gasteiger partial charge is 0.369 e. The molecule has 1 aromatic rings. The molecule has 0 radical (unpaired) electrons. The Morgan fingerprint density at radius 2 is 2.05 bits per heavy atom. The summed E-state index contributed by atoms with van der Waals surface area (Å²) in [5, 5.41) is 3.36. The van der Waals surface area contributed by atoms with Crippen molar-refractivity contribution in [3.8, 4) is 0 Å². The third kappa shape index (κ3) is 3.32. The molecule has 6 nitrogen and oxygen atoms in total. The number of aromatic nitrogens is 2. The summed E-state index contributed by atoms with van der Waals surface area (Å²) in [6.45, 7) is 3.70. The highest BCUT2D eigenvalue weighted by atomic mass is 16.1. The van der Waals surface area contributed by atoms with Crippen LogP contribution in [-0.4, -0.2) is 42.1 Å². The molecule has 0 bridgehead atoms. The summed E-state index contributed by atoms with van der Waals surface area (Å²) in [7, 11) is 0. The quantitative estimate of drug-likeness (QED) is 0.853. The first-order chi connectivity index (χ1) is 10.2. The Morgan fingerprint density at radius 1 is 1.24 bits per heavy atom. The number of carbonyl (C=O) groups excluding carboxylic acids is 1. The first kappa shape index (κ1) is 14.3. The van der Waals surface area contributed by atoms with Gasteiger partial charge in [-0.3, -0.25) is 9.78 Å². The van der Waals surface area contributed by atoms with Crippen LogP contribution in [0.2, 0.25) is 0 Å². The van der Waals surface area contributed by atoms with Crippen LogP contribution in [0.25, 0.3) is 0 Å². The highest BCUT2D eigenvalue weighted by Gasteiger charge is 2.25. The number of rotatable bonds is 3. The Morgan fingerprint density at radius 3 is 2.71 bits per heavy atom. The molecule has 0 aliphatic carbocycles. The zero-order valence-electron chi connectivity index (χ0n) is 12.3. The molecule has 1 aromatic heterocycles. The van der Waals surface area contributed by atoms with E-state index in [1.807, 2.05) is 12.4 Å². The minimum absolute atomic E-state index is 0.0651. The fraction of sp³-hybridized carbons (Fsp3) is 0.667. The molecule has 1 amide bonds. The van der Waals surface area contributed by atoms with Crippen molar-refractivity contribution in [2.24, 2.45) is 11.7 Å². The van der Waals surface area contributed by atoms with E-state index in [1.165, 1.54) is 0 Å². The van der Waals surface area contributed by atoms with Crippen molar-refractivity contribution < 1.29 is 4.79 Å². The van der Waals surface area contributed by atoms with Gasteiger partial charge in [0.1, 0.15) is 5.82 Å². The number of primary amides is 1. The Balaban J connectivity index is 1.67. The minimum atomic E-state index is -0.209. The standard InChI is InChI=1S/C15H23N5O/c16-15(21)12-2-1-7-20(10-12)14-9-18-13(8-19-14)11-3-5-17-6-4-11/h8-9,11-12,17H,1-7,10H2,(H2,16,21)/t12-/m1/s1. The molecular formula is C15H23N5O. The van der Waals surface area contributed by atoms with E-state index < -0.39 is 0 Å². The van der Waals surface area contributed by atoms with E-state index in [2.05, 4.69) is 20.2 Å².